The molecule has 53 heavy (non-hydrogen) atoms. The number of nitrogens with two attached hydrogens (primary N) is 3. The largest absolute Gasteiger partial charge is 0.524 e. The van der Waals surface area contributed by atoms with Gasteiger partial charge in [0.2, 0.25) is 23.6 Å². The summed E-state index contributed by atoms with van der Waals surface area (Å²) < 4.78 is 36.8. The molecule has 3 unspecified atom stereocenters. The average molecular weight is 781 g/mol. The molecule has 0 radical (unpaired) electrons. The maximum Gasteiger partial charge on any atom is 0.524 e. The van der Waals surface area contributed by atoms with E-state index in [9.17, 15) is 33.1 Å². The van der Waals surface area contributed by atoms with Crippen LogP contribution in [-0.4, -0.2) is 66.9 Å². The van der Waals surface area contributed by atoms with Crippen molar-refractivity contribution in [3.05, 3.63) is 89.5 Å². The van der Waals surface area contributed by atoms with Gasteiger partial charge in [-0.05, 0) is 60.0 Å². The third-order valence-corrected chi connectivity index (χ3v) is 8.07. The van der Waals surface area contributed by atoms with E-state index in [-0.39, 0.29) is 30.9 Å². The van der Waals surface area contributed by atoms with Gasteiger partial charge in [-0.25, -0.2) is 13.9 Å². The number of primary amides is 2. The molecule has 286 valence electrons. The zero-order chi connectivity index (χ0) is 39.6. The highest BCUT2D eigenvalue weighted by atomic mass is 31.2. The predicted molar refractivity (Wildman–Crippen MR) is 185 cm³/mol. The van der Waals surface area contributed by atoms with Gasteiger partial charge in [0.05, 0.1) is 6.42 Å². The van der Waals surface area contributed by atoms with Gasteiger partial charge < -0.3 is 46.9 Å². The zero-order valence-electron chi connectivity index (χ0n) is 27.9. The van der Waals surface area contributed by atoms with E-state index in [1.54, 1.807) is 24.3 Å². The number of hydrogen-bond acceptors (Lipinski definition) is 11. The number of alkyl carbamates (subject to hydrolysis) is 1. The molecule has 0 aromatic heterocycles. The molecule has 0 aliphatic carbocycles. The highest BCUT2D eigenvalue weighted by Crippen LogP contribution is 2.38. The Balaban J connectivity index is 1.95. The number of nitrogen functional groups attached to an aromatic ring is 1. The molecular weight excluding hydrogens is 742 g/mol. The van der Waals surface area contributed by atoms with Gasteiger partial charge in [-0.1, -0.05) is 36.4 Å². The second-order valence-electron chi connectivity index (χ2n) is 11.8. The van der Waals surface area contributed by atoms with Gasteiger partial charge in [-0.15, -0.1) is 0 Å². The molecule has 0 saturated carbocycles. The molecule has 0 fully saturated rings. The fourth-order valence-corrected chi connectivity index (χ4v) is 5.57. The summed E-state index contributed by atoms with van der Waals surface area (Å²) in [6.07, 6.45) is -2.35. The molecule has 0 aliphatic rings. The molecule has 0 spiro atoms. The van der Waals surface area contributed by atoms with Gasteiger partial charge in [-0.2, -0.15) is 0 Å². The van der Waals surface area contributed by atoms with Crippen LogP contribution < -0.4 is 42.2 Å². The van der Waals surface area contributed by atoms with Crippen molar-refractivity contribution in [1.82, 2.24) is 16.0 Å². The molecule has 13 N–H and O–H groups in total. The van der Waals surface area contributed by atoms with Crippen LogP contribution in [0.1, 0.15) is 30.0 Å². The van der Waals surface area contributed by atoms with Crippen LogP contribution in [0.4, 0.5) is 10.5 Å². The number of phosphoric acid groups is 2. The predicted octanol–water partition coefficient (Wildman–Crippen LogP) is 0.0124. The van der Waals surface area contributed by atoms with Gasteiger partial charge in [-0.3, -0.25) is 38.8 Å². The molecule has 5 amide bonds. The Labute approximate surface area is 301 Å². The fraction of sp³-hybridized carbons (Fsp3) is 0.258. The van der Waals surface area contributed by atoms with E-state index in [4.69, 9.17) is 41.5 Å². The van der Waals surface area contributed by atoms with Crippen molar-refractivity contribution in [2.45, 2.75) is 50.4 Å². The minimum absolute atomic E-state index is 0.195. The van der Waals surface area contributed by atoms with Crippen molar-refractivity contribution in [2.24, 2.45) is 11.5 Å². The highest BCUT2D eigenvalue weighted by molar-refractivity contribution is 7.47. The lowest BCUT2D eigenvalue weighted by molar-refractivity contribution is -0.136. The second-order valence-corrected chi connectivity index (χ2v) is 14.1. The number of amides is 5. The first kappa shape index (κ1) is 41.9. The Kier molecular flexibility index (Phi) is 14.1. The van der Waals surface area contributed by atoms with E-state index >= 15 is 0 Å². The number of benzene rings is 3. The van der Waals surface area contributed by atoms with E-state index in [0.29, 0.717) is 22.4 Å². The number of ether oxygens (including phenoxy) is 1. The lowest BCUT2D eigenvalue weighted by Gasteiger charge is -2.33. The summed E-state index contributed by atoms with van der Waals surface area (Å²) >= 11 is 0. The molecular formula is C31H38N6O14P2. The molecule has 3 atom stereocenters. The third-order valence-electron chi connectivity index (χ3n) is 7.18. The Hall–Kier alpha value is -5.49. The smallest absolute Gasteiger partial charge is 0.445 e. The summed E-state index contributed by atoms with van der Waals surface area (Å²) in [5, 5.41) is 7.27. The Morgan fingerprint density at radius 2 is 1.32 bits per heavy atom. The van der Waals surface area contributed by atoms with Crippen LogP contribution in [0.25, 0.3) is 0 Å². The van der Waals surface area contributed by atoms with Crippen molar-refractivity contribution in [2.75, 3.05) is 5.73 Å². The average Bonchev–Trinajstić information content (AvgIpc) is 3.03. The van der Waals surface area contributed by atoms with Crippen molar-refractivity contribution >= 4 is 51.1 Å². The number of carbonyl (C=O) groups excluding carboxylic acids is 5. The van der Waals surface area contributed by atoms with Gasteiger partial charge in [0.15, 0.2) is 0 Å². The van der Waals surface area contributed by atoms with Crippen molar-refractivity contribution in [1.29, 1.82) is 0 Å². The van der Waals surface area contributed by atoms with Crippen molar-refractivity contribution in [3.63, 3.8) is 0 Å². The van der Waals surface area contributed by atoms with E-state index in [1.165, 1.54) is 55.5 Å². The van der Waals surface area contributed by atoms with Crippen LogP contribution in [0.2, 0.25) is 0 Å². The fourth-order valence-electron chi connectivity index (χ4n) is 4.78. The lowest BCUT2D eigenvalue weighted by atomic mass is 9.90. The number of carbonyl (C=O) groups is 5. The van der Waals surface area contributed by atoms with Gasteiger partial charge in [0.25, 0.3) is 0 Å². The minimum Gasteiger partial charge on any atom is -0.445 e. The summed E-state index contributed by atoms with van der Waals surface area (Å²) in [6.45, 7) is 1.02. The quantitative estimate of drug-likeness (QED) is 0.0600. The molecule has 0 heterocycles. The number of rotatable bonds is 18. The first-order chi connectivity index (χ1) is 24.6. The Morgan fingerprint density at radius 3 is 1.81 bits per heavy atom. The first-order valence-electron chi connectivity index (χ1n) is 15.3. The van der Waals surface area contributed by atoms with Crippen LogP contribution in [0.15, 0.2) is 72.8 Å². The van der Waals surface area contributed by atoms with E-state index in [0.717, 1.165) is 0 Å². The van der Waals surface area contributed by atoms with Crippen LogP contribution in [0, 0.1) is 0 Å². The molecule has 20 nitrogen and oxygen atoms in total. The van der Waals surface area contributed by atoms with Crippen LogP contribution in [-0.2, 0) is 52.5 Å². The van der Waals surface area contributed by atoms with Crippen LogP contribution in [0.3, 0.4) is 0 Å². The number of nitrogens with one attached hydrogen (secondary N) is 3. The topological polar surface area (TPSA) is 342 Å². The minimum atomic E-state index is -4.90. The highest BCUT2D eigenvalue weighted by Gasteiger charge is 2.39. The van der Waals surface area contributed by atoms with E-state index in [1.807, 2.05) is 0 Å². The monoisotopic (exact) mass is 780 g/mol. The maximum atomic E-state index is 14.0. The van der Waals surface area contributed by atoms with E-state index in [2.05, 4.69) is 25.0 Å². The maximum absolute atomic E-state index is 14.0. The Morgan fingerprint density at radius 1 is 0.774 bits per heavy atom. The third kappa shape index (κ3) is 14.6. The summed E-state index contributed by atoms with van der Waals surface area (Å²) in [7, 11) is -9.78. The molecule has 0 bridgehead atoms. The molecule has 0 saturated heterocycles. The van der Waals surface area contributed by atoms with E-state index < -0.39 is 69.4 Å². The second kappa shape index (κ2) is 17.8. The molecule has 3 rings (SSSR count). The molecule has 22 heteroatoms. The lowest BCUT2D eigenvalue weighted by Crippen LogP contribution is -2.64. The molecule has 0 aliphatic heterocycles. The summed E-state index contributed by atoms with van der Waals surface area (Å²) in [4.78, 5) is 101. The Bertz CT molecular complexity index is 1900. The number of hydrogen-bond donors (Lipinski definition) is 10. The number of anilines is 1. The summed E-state index contributed by atoms with van der Waals surface area (Å²) in [5.41, 5.74) is 16.0. The van der Waals surface area contributed by atoms with Crippen LogP contribution >= 0.6 is 15.6 Å². The molecule has 3 aromatic carbocycles. The number of phosphoric ester groups is 2. The first-order valence-corrected chi connectivity index (χ1v) is 18.3. The summed E-state index contributed by atoms with van der Waals surface area (Å²) in [6, 6.07) is 13.6. The van der Waals surface area contributed by atoms with Crippen molar-refractivity contribution < 1.29 is 66.5 Å². The van der Waals surface area contributed by atoms with Gasteiger partial charge in [0.1, 0.15) is 35.7 Å². The van der Waals surface area contributed by atoms with Gasteiger partial charge in [0, 0.05) is 18.5 Å². The normalized spacial score (nSPS) is 13.7. The SMILES string of the molecule is CC(Cc1ccc(OP(=O)(O)O)cc1)(NC(=O)C(Cc1ccc(OP(=O)(O)O)cc1)NC(=O)OCc1cccc(N)c1)C(=O)NC(CC(N)=O)C(N)=O. The molecule has 3 aromatic rings. The van der Waals surface area contributed by atoms with Gasteiger partial charge >= 0.3 is 21.7 Å². The zero-order valence-corrected chi connectivity index (χ0v) is 29.7. The standard InChI is InChI=1S/C31H38N6O14P2/c1-31(29(41)35-24(27(34)39)15-26(33)38,16-19-7-11-23(12-8-19)51-53(46,47)48)37-28(40)25(14-18-5-9-22(10-6-18)50-52(43,44)45)36-30(42)49-17-20-3-2-4-21(32)13-20/h2-13,24-25H,14-17,32H2,1H3,(H2,33,38)(H2,34,39)(H,35,41)(H,36,42)(H,37,40)(H2,43,44,45)(H2,46,47,48). The van der Waals surface area contributed by atoms with Crippen LogP contribution in [0.5, 0.6) is 11.5 Å². The van der Waals surface area contributed by atoms with Crippen molar-refractivity contribution in [3.8, 4) is 11.5 Å². The summed E-state index contributed by atoms with van der Waals surface area (Å²) in [5.74, 6) is -4.48.